The Hall–Kier alpha value is -2.24. The van der Waals surface area contributed by atoms with E-state index in [-0.39, 0.29) is 11.9 Å². The van der Waals surface area contributed by atoms with Crippen LogP contribution < -0.4 is 14.8 Å². The van der Waals surface area contributed by atoms with Crippen LogP contribution in [-0.4, -0.2) is 37.1 Å². The van der Waals surface area contributed by atoms with Crippen molar-refractivity contribution in [3.05, 3.63) is 53.1 Å². The van der Waals surface area contributed by atoms with Crippen LogP contribution in [0, 0.1) is 0 Å². The van der Waals surface area contributed by atoms with Gasteiger partial charge in [-0.1, -0.05) is 23.7 Å². The highest BCUT2D eigenvalue weighted by Crippen LogP contribution is 2.37. The van der Waals surface area contributed by atoms with Gasteiger partial charge in [-0.15, -0.1) is 0 Å². The summed E-state index contributed by atoms with van der Waals surface area (Å²) in [4.78, 5) is 14.7. The van der Waals surface area contributed by atoms with Crippen molar-refractivity contribution in [3.8, 4) is 11.5 Å². The minimum absolute atomic E-state index is 0.0292. The van der Waals surface area contributed by atoms with Crippen LogP contribution in [0.1, 0.15) is 30.9 Å². The molecule has 0 saturated carbocycles. The Labute approximate surface area is 164 Å². The number of carbonyl (C=O) groups excluding carboxylic acids is 1. The van der Waals surface area contributed by atoms with Gasteiger partial charge in [0.05, 0.1) is 19.8 Å². The monoisotopic (exact) mass is 386 g/mol. The number of amides is 1. The van der Waals surface area contributed by atoms with Crippen LogP contribution >= 0.6 is 11.6 Å². The second kappa shape index (κ2) is 8.19. The first kappa shape index (κ1) is 18.1. The molecule has 2 aliphatic heterocycles. The largest absolute Gasteiger partial charge is 0.490 e. The molecule has 5 nitrogen and oxygen atoms in total. The highest BCUT2D eigenvalue weighted by Gasteiger charge is 2.28. The predicted octanol–water partition coefficient (Wildman–Crippen LogP) is 4.28. The molecule has 0 bridgehead atoms. The quantitative estimate of drug-likeness (QED) is 0.852. The van der Waals surface area contributed by atoms with Gasteiger partial charge in [0, 0.05) is 23.2 Å². The lowest BCUT2D eigenvalue weighted by Crippen LogP contribution is -2.32. The molecule has 27 heavy (non-hydrogen) atoms. The van der Waals surface area contributed by atoms with Crippen LogP contribution in [-0.2, 0) is 4.79 Å². The standard InChI is InChI=1S/C21H23ClN2O3/c22-16-4-1-5-17(13-16)23-21(25)14-24-9-2-6-18(24)15-7-8-19-20(12-15)27-11-3-10-26-19/h1,4-5,7-8,12-13,18H,2-3,6,9-11,14H2,(H,23,25). The Morgan fingerprint density at radius 2 is 1.96 bits per heavy atom. The second-order valence-electron chi connectivity index (χ2n) is 6.94. The molecule has 1 atom stereocenters. The third-order valence-electron chi connectivity index (χ3n) is 4.98. The van der Waals surface area contributed by atoms with E-state index in [0.29, 0.717) is 24.8 Å². The summed E-state index contributed by atoms with van der Waals surface area (Å²) < 4.78 is 11.5. The maximum absolute atomic E-state index is 12.5. The molecule has 0 aromatic heterocycles. The van der Waals surface area contributed by atoms with Crippen LogP contribution in [0.5, 0.6) is 11.5 Å². The van der Waals surface area contributed by atoms with Crippen molar-refractivity contribution in [1.29, 1.82) is 0 Å². The number of benzene rings is 2. The van der Waals surface area contributed by atoms with Gasteiger partial charge < -0.3 is 14.8 Å². The topological polar surface area (TPSA) is 50.8 Å². The molecule has 142 valence electrons. The molecule has 1 saturated heterocycles. The number of fused-ring (bicyclic) bond motifs is 1. The molecular formula is C21H23ClN2O3. The summed E-state index contributed by atoms with van der Waals surface area (Å²) in [5, 5.41) is 3.54. The van der Waals surface area contributed by atoms with Gasteiger partial charge in [-0.25, -0.2) is 0 Å². The van der Waals surface area contributed by atoms with Crippen LogP contribution in [0.25, 0.3) is 0 Å². The summed E-state index contributed by atoms with van der Waals surface area (Å²) in [6.45, 7) is 2.62. The van der Waals surface area contributed by atoms with Crippen LogP contribution in [0.4, 0.5) is 5.69 Å². The van der Waals surface area contributed by atoms with Crippen LogP contribution in [0.15, 0.2) is 42.5 Å². The minimum Gasteiger partial charge on any atom is -0.490 e. The van der Waals surface area contributed by atoms with Crippen molar-refractivity contribution < 1.29 is 14.3 Å². The maximum Gasteiger partial charge on any atom is 0.238 e. The molecule has 2 aliphatic rings. The Morgan fingerprint density at radius 1 is 1.11 bits per heavy atom. The highest BCUT2D eigenvalue weighted by atomic mass is 35.5. The van der Waals surface area contributed by atoms with Gasteiger partial charge in [-0.3, -0.25) is 9.69 Å². The molecule has 0 spiro atoms. The van der Waals surface area contributed by atoms with E-state index in [1.165, 1.54) is 5.56 Å². The first-order chi connectivity index (χ1) is 13.2. The predicted molar refractivity (Wildman–Crippen MR) is 106 cm³/mol. The van der Waals surface area contributed by atoms with E-state index < -0.39 is 0 Å². The smallest absolute Gasteiger partial charge is 0.238 e. The number of anilines is 1. The molecule has 6 heteroatoms. The van der Waals surface area contributed by atoms with E-state index in [9.17, 15) is 4.79 Å². The summed E-state index contributed by atoms with van der Waals surface area (Å²) in [5.41, 5.74) is 1.89. The summed E-state index contributed by atoms with van der Waals surface area (Å²) in [5.74, 6) is 1.58. The number of hydrogen-bond acceptors (Lipinski definition) is 4. The van der Waals surface area contributed by atoms with Gasteiger partial charge in [0.15, 0.2) is 11.5 Å². The number of hydrogen-bond donors (Lipinski definition) is 1. The number of nitrogens with one attached hydrogen (secondary N) is 1. The van der Waals surface area contributed by atoms with Gasteiger partial charge in [0.25, 0.3) is 0 Å². The molecule has 2 heterocycles. The van der Waals surface area contributed by atoms with E-state index in [2.05, 4.69) is 22.3 Å². The Bertz CT molecular complexity index is 827. The van der Waals surface area contributed by atoms with E-state index in [0.717, 1.165) is 43.0 Å². The van der Waals surface area contributed by atoms with Crippen molar-refractivity contribution in [2.24, 2.45) is 0 Å². The molecule has 1 fully saturated rings. The first-order valence-corrected chi connectivity index (χ1v) is 9.76. The third-order valence-corrected chi connectivity index (χ3v) is 5.21. The van der Waals surface area contributed by atoms with Crippen molar-refractivity contribution in [2.75, 3.05) is 31.6 Å². The fourth-order valence-electron chi connectivity index (χ4n) is 3.73. The molecule has 1 unspecified atom stereocenters. The molecule has 2 aromatic carbocycles. The molecule has 0 aliphatic carbocycles. The maximum atomic E-state index is 12.5. The van der Waals surface area contributed by atoms with Gasteiger partial charge in [0.2, 0.25) is 5.91 Å². The van der Waals surface area contributed by atoms with Crippen LogP contribution in [0.2, 0.25) is 5.02 Å². The lowest BCUT2D eigenvalue weighted by atomic mass is 10.0. The average molecular weight is 387 g/mol. The highest BCUT2D eigenvalue weighted by molar-refractivity contribution is 6.30. The van der Waals surface area contributed by atoms with Gasteiger partial charge >= 0.3 is 0 Å². The van der Waals surface area contributed by atoms with E-state index in [1.807, 2.05) is 18.2 Å². The van der Waals surface area contributed by atoms with Gasteiger partial charge in [-0.2, -0.15) is 0 Å². The second-order valence-corrected chi connectivity index (χ2v) is 7.38. The van der Waals surface area contributed by atoms with E-state index in [4.69, 9.17) is 21.1 Å². The summed E-state index contributed by atoms with van der Waals surface area (Å²) in [6.07, 6.45) is 3.00. The normalized spacial score (nSPS) is 19.5. The molecule has 1 amide bonds. The lowest BCUT2D eigenvalue weighted by Gasteiger charge is -2.25. The van der Waals surface area contributed by atoms with Crippen molar-refractivity contribution in [3.63, 3.8) is 0 Å². The number of ether oxygens (including phenoxy) is 2. The van der Waals surface area contributed by atoms with Crippen molar-refractivity contribution in [1.82, 2.24) is 4.90 Å². The van der Waals surface area contributed by atoms with Gasteiger partial charge in [-0.05, 0) is 55.3 Å². The van der Waals surface area contributed by atoms with Crippen molar-refractivity contribution in [2.45, 2.75) is 25.3 Å². The number of rotatable bonds is 4. The fraction of sp³-hybridized carbons (Fsp3) is 0.381. The van der Waals surface area contributed by atoms with Crippen LogP contribution in [0.3, 0.4) is 0 Å². The van der Waals surface area contributed by atoms with E-state index >= 15 is 0 Å². The zero-order valence-corrected chi connectivity index (χ0v) is 15.9. The average Bonchev–Trinajstić information content (AvgIpc) is 2.97. The molecule has 4 rings (SSSR count). The number of likely N-dealkylation sites (tertiary alicyclic amines) is 1. The Balaban J connectivity index is 1.44. The zero-order chi connectivity index (χ0) is 18.6. The number of halogens is 1. The molecule has 1 N–H and O–H groups in total. The minimum atomic E-state index is -0.0292. The fourth-order valence-corrected chi connectivity index (χ4v) is 3.92. The Kier molecular flexibility index (Phi) is 5.50. The van der Waals surface area contributed by atoms with Crippen molar-refractivity contribution >= 4 is 23.2 Å². The summed E-state index contributed by atoms with van der Waals surface area (Å²) in [6, 6.07) is 13.6. The third kappa shape index (κ3) is 4.37. The van der Waals surface area contributed by atoms with E-state index in [1.54, 1.807) is 12.1 Å². The number of nitrogens with zero attached hydrogens (tertiary/aromatic N) is 1. The lowest BCUT2D eigenvalue weighted by molar-refractivity contribution is -0.117. The summed E-state index contributed by atoms with van der Waals surface area (Å²) >= 11 is 5.99. The summed E-state index contributed by atoms with van der Waals surface area (Å²) in [7, 11) is 0. The number of carbonyl (C=O) groups is 1. The molecule has 0 radical (unpaired) electrons. The molecular weight excluding hydrogens is 364 g/mol. The first-order valence-electron chi connectivity index (χ1n) is 9.38. The Morgan fingerprint density at radius 3 is 2.81 bits per heavy atom. The van der Waals surface area contributed by atoms with Gasteiger partial charge in [0.1, 0.15) is 0 Å². The SMILES string of the molecule is O=C(CN1CCCC1c1ccc2c(c1)OCCCO2)Nc1cccc(Cl)c1. The molecule has 2 aromatic rings. The zero-order valence-electron chi connectivity index (χ0n) is 15.1.